The molecule has 4 nitrogen and oxygen atoms in total. The van der Waals surface area contributed by atoms with Gasteiger partial charge < -0.3 is 10.0 Å². The van der Waals surface area contributed by atoms with Gasteiger partial charge in [-0.1, -0.05) is 13.3 Å². The van der Waals surface area contributed by atoms with Gasteiger partial charge >= 0.3 is 12.1 Å². The summed E-state index contributed by atoms with van der Waals surface area (Å²) in [6, 6.07) is 0. The first kappa shape index (κ1) is 14.8. The third-order valence-electron chi connectivity index (χ3n) is 3.15. The van der Waals surface area contributed by atoms with E-state index in [2.05, 4.69) is 0 Å². The van der Waals surface area contributed by atoms with Crippen LogP contribution < -0.4 is 0 Å². The van der Waals surface area contributed by atoms with Crippen molar-refractivity contribution in [2.75, 3.05) is 13.1 Å². The number of likely N-dealkylation sites (tertiary alicyclic amines) is 1. The summed E-state index contributed by atoms with van der Waals surface area (Å²) in [5.41, 5.74) is 0. The molecule has 104 valence electrons. The van der Waals surface area contributed by atoms with Gasteiger partial charge in [0.05, 0.1) is 11.8 Å². The maximum Gasteiger partial charge on any atom is 0.394 e. The fourth-order valence-corrected chi connectivity index (χ4v) is 2.08. The van der Waals surface area contributed by atoms with Crippen LogP contribution in [0, 0.1) is 11.8 Å². The molecule has 0 radical (unpaired) electrons. The summed E-state index contributed by atoms with van der Waals surface area (Å²) in [5.74, 6) is -5.39. The summed E-state index contributed by atoms with van der Waals surface area (Å²) >= 11 is 0. The van der Waals surface area contributed by atoms with E-state index in [1.54, 1.807) is 0 Å². The van der Waals surface area contributed by atoms with Crippen LogP contribution in [0.1, 0.15) is 26.2 Å². The molecule has 0 aromatic rings. The third kappa shape index (κ3) is 3.36. The molecule has 0 aromatic carbocycles. The minimum Gasteiger partial charge on any atom is -0.481 e. The molecule has 0 aromatic heterocycles. The number of rotatable bonds is 4. The Morgan fingerprint density at radius 2 is 1.94 bits per heavy atom. The molecule has 1 N–H and O–H groups in total. The first-order chi connectivity index (χ1) is 8.27. The summed E-state index contributed by atoms with van der Waals surface area (Å²) < 4.78 is 38.0. The van der Waals surface area contributed by atoms with Crippen molar-refractivity contribution in [1.82, 2.24) is 4.90 Å². The maximum atomic E-state index is 12.7. The highest BCUT2D eigenvalue weighted by Crippen LogP contribution is 2.37. The van der Waals surface area contributed by atoms with E-state index in [1.165, 1.54) is 0 Å². The van der Waals surface area contributed by atoms with Crippen LogP contribution in [0.25, 0.3) is 0 Å². The number of alkyl halides is 3. The van der Waals surface area contributed by atoms with E-state index in [9.17, 15) is 22.8 Å². The molecule has 0 aliphatic carbocycles. The maximum absolute atomic E-state index is 12.7. The monoisotopic (exact) mass is 267 g/mol. The average Bonchev–Trinajstić information content (AvgIpc) is 2.70. The van der Waals surface area contributed by atoms with E-state index in [0.717, 1.165) is 11.3 Å². The van der Waals surface area contributed by atoms with E-state index in [1.807, 2.05) is 6.92 Å². The SMILES string of the molecule is CCCCC(=O)N1C[C@@H](C(F)(F)F)[C@H](C(=O)O)C1. The van der Waals surface area contributed by atoms with Gasteiger partial charge in [0, 0.05) is 19.5 Å². The van der Waals surface area contributed by atoms with E-state index in [-0.39, 0.29) is 13.0 Å². The summed E-state index contributed by atoms with van der Waals surface area (Å²) in [5, 5.41) is 8.78. The average molecular weight is 267 g/mol. The number of halogens is 3. The molecule has 1 heterocycles. The Morgan fingerprint density at radius 3 is 2.33 bits per heavy atom. The largest absolute Gasteiger partial charge is 0.481 e. The lowest BCUT2D eigenvalue weighted by atomic mass is 9.96. The molecular weight excluding hydrogens is 251 g/mol. The van der Waals surface area contributed by atoms with E-state index in [4.69, 9.17) is 5.11 Å². The lowest BCUT2D eigenvalue weighted by Gasteiger charge is -2.18. The van der Waals surface area contributed by atoms with Crippen LogP contribution in [0.5, 0.6) is 0 Å². The first-order valence-electron chi connectivity index (χ1n) is 5.84. The highest BCUT2D eigenvalue weighted by molar-refractivity contribution is 5.79. The Labute approximate surface area is 103 Å². The standard InChI is InChI=1S/C11H16F3NO3/c1-2-3-4-9(16)15-5-7(10(17)18)8(6-15)11(12,13)14/h7-8H,2-6H2,1H3,(H,17,18)/t7-,8-/m1/s1. The number of nitrogens with zero attached hydrogens (tertiary/aromatic N) is 1. The molecule has 1 saturated heterocycles. The smallest absolute Gasteiger partial charge is 0.394 e. The van der Waals surface area contributed by atoms with Gasteiger partial charge in [-0.3, -0.25) is 9.59 Å². The number of carbonyl (C=O) groups is 2. The molecule has 1 rings (SSSR count). The Kier molecular flexibility index (Phi) is 4.59. The predicted molar refractivity (Wildman–Crippen MR) is 56.8 cm³/mol. The van der Waals surface area contributed by atoms with Gasteiger partial charge in [-0.2, -0.15) is 13.2 Å². The number of hydrogen-bond acceptors (Lipinski definition) is 2. The number of aliphatic carboxylic acids is 1. The number of carboxylic acids is 1. The topological polar surface area (TPSA) is 57.6 Å². The minimum absolute atomic E-state index is 0.174. The number of hydrogen-bond donors (Lipinski definition) is 1. The number of unbranched alkanes of at least 4 members (excludes halogenated alkanes) is 1. The minimum atomic E-state index is -4.58. The van der Waals surface area contributed by atoms with Crippen LogP contribution in [0.15, 0.2) is 0 Å². The summed E-state index contributed by atoms with van der Waals surface area (Å²) in [6.07, 6.45) is -3.04. The number of carbonyl (C=O) groups excluding carboxylic acids is 1. The number of amides is 1. The van der Waals surface area contributed by atoms with E-state index < -0.39 is 36.4 Å². The fraction of sp³-hybridized carbons (Fsp3) is 0.818. The van der Waals surface area contributed by atoms with Crippen LogP contribution in [-0.2, 0) is 9.59 Å². The molecule has 0 saturated carbocycles. The van der Waals surface area contributed by atoms with Gasteiger partial charge in [0.2, 0.25) is 5.91 Å². The Bertz CT molecular complexity index is 330. The van der Waals surface area contributed by atoms with Crippen LogP contribution in [-0.4, -0.2) is 41.1 Å². The highest BCUT2D eigenvalue weighted by atomic mass is 19.4. The zero-order valence-corrected chi connectivity index (χ0v) is 10.0. The van der Waals surface area contributed by atoms with Crippen molar-refractivity contribution in [1.29, 1.82) is 0 Å². The molecule has 2 atom stereocenters. The van der Waals surface area contributed by atoms with E-state index >= 15 is 0 Å². The van der Waals surface area contributed by atoms with Crippen molar-refractivity contribution < 1.29 is 27.9 Å². The van der Waals surface area contributed by atoms with Gasteiger partial charge in [-0.15, -0.1) is 0 Å². The van der Waals surface area contributed by atoms with Gasteiger partial charge in [-0.05, 0) is 6.42 Å². The van der Waals surface area contributed by atoms with Crippen molar-refractivity contribution in [3.05, 3.63) is 0 Å². The van der Waals surface area contributed by atoms with Crippen LogP contribution in [0.2, 0.25) is 0 Å². The van der Waals surface area contributed by atoms with Crippen molar-refractivity contribution in [3.8, 4) is 0 Å². The zero-order chi connectivity index (χ0) is 13.9. The van der Waals surface area contributed by atoms with Gasteiger partial charge in [-0.25, -0.2) is 0 Å². The molecular formula is C11H16F3NO3. The molecule has 1 fully saturated rings. The lowest BCUT2D eigenvalue weighted by molar-refractivity contribution is -0.188. The first-order valence-corrected chi connectivity index (χ1v) is 5.84. The molecule has 1 amide bonds. The second kappa shape index (κ2) is 5.58. The van der Waals surface area contributed by atoms with Crippen molar-refractivity contribution in [2.45, 2.75) is 32.4 Å². The van der Waals surface area contributed by atoms with Gasteiger partial charge in [0.25, 0.3) is 0 Å². The summed E-state index contributed by atoms with van der Waals surface area (Å²) in [6.45, 7) is 0.987. The second-order valence-corrected chi connectivity index (χ2v) is 4.50. The summed E-state index contributed by atoms with van der Waals surface area (Å²) in [7, 11) is 0. The molecule has 1 aliphatic rings. The molecule has 1 aliphatic heterocycles. The van der Waals surface area contributed by atoms with Gasteiger partial charge in [0.15, 0.2) is 0 Å². The Hall–Kier alpha value is -1.27. The number of carboxylic acid groups (broad SMARTS) is 1. The predicted octanol–water partition coefficient (Wildman–Crippen LogP) is 1.90. The molecule has 0 spiro atoms. The molecule has 7 heteroatoms. The fourth-order valence-electron chi connectivity index (χ4n) is 2.08. The molecule has 18 heavy (non-hydrogen) atoms. The molecule has 0 bridgehead atoms. The lowest BCUT2D eigenvalue weighted by Crippen LogP contribution is -2.34. The Balaban J connectivity index is 2.72. The van der Waals surface area contributed by atoms with Crippen molar-refractivity contribution >= 4 is 11.9 Å². The zero-order valence-electron chi connectivity index (χ0n) is 10.0. The highest BCUT2D eigenvalue weighted by Gasteiger charge is 2.53. The molecule has 0 unspecified atom stereocenters. The van der Waals surface area contributed by atoms with E-state index in [0.29, 0.717) is 6.42 Å². The summed E-state index contributed by atoms with van der Waals surface area (Å²) in [4.78, 5) is 23.4. The quantitative estimate of drug-likeness (QED) is 0.846. The second-order valence-electron chi connectivity index (χ2n) is 4.50. The third-order valence-corrected chi connectivity index (χ3v) is 3.15. The van der Waals surface area contributed by atoms with Crippen LogP contribution in [0.3, 0.4) is 0 Å². The normalized spacial score (nSPS) is 24.3. The van der Waals surface area contributed by atoms with Crippen molar-refractivity contribution in [3.63, 3.8) is 0 Å². The Morgan fingerprint density at radius 1 is 1.33 bits per heavy atom. The van der Waals surface area contributed by atoms with Gasteiger partial charge in [0.1, 0.15) is 0 Å². The van der Waals surface area contributed by atoms with Crippen molar-refractivity contribution in [2.24, 2.45) is 11.8 Å². The van der Waals surface area contributed by atoms with Crippen LogP contribution in [0.4, 0.5) is 13.2 Å². The van der Waals surface area contributed by atoms with Crippen LogP contribution >= 0.6 is 0 Å².